The number of halogens is 1. The fourth-order valence-electron chi connectivity index (χ4n) is 3.03. The standard InChI is InChI=1S/C18H18BrNO2/c1-10-4-6-13-14(9-17(21)20-18(13)11(10)2)15-8-12(19)5-7-16(15)22-3/h4-8,14H,9H2,1-3H3,(H,20,21). The Bertz CT molecular complexity index is 755. The molecule has 1 unspecified atom stereocenters. The summed E-state index contributed by atoms with van der Waals surface area (Å²) in [5.41, 5.74) is 5.45. The molecule has 22 heavy (non-hydrogen) atoms. The summed E-state index contributed by atoms with van der Waals surface area (Å²) in [5.74, 6) is 0.871. The van der Waals surface area contributed by atoms with Gasteiger partial charge in [0.15, 0.2) is 0 Å². The second-order valence-corrected chi connectivity index (χ2v) is 6.58. The number of hydrogen-bond donors (Lipinski definition) is 1. The molecule has 1 heterocycles. The molecule has 2 aromatic rings. The first-order valence-electron chi connectivity index (χ1n) is 7.24. The number of nitrogens with one attached hydrogen (secondary N) is 1. The average Bonchev–Trinajstić information content (AvgIpc) is 2.50. The molecule has 1 aliphatic rings. The summed E-state index contributed by atoms with van der Waals surface area (Å²) in [6, 6.07) is 10.2. The highest BCUT2D eigenvalue weighted by atomic mass is 79.9. The molecule has 0 fully saturated rings. The van der Waals surface area contributed by atoms with Crippen LogP contribution in [-0.4, -0.2) is 13.0 Å². The summed E-state index contributed by atoms with van der Waals surface area (Å²) in [7, 11) is 1.66. The molecule has 0 saturated carbocycles. The molecule has 0 saturated heterocycles. The molecule has 0 aromatic heterocycles. The van der Waals surface area contributed by atoms with Gasteiger partial charge in [0.05, 0.1) is 7.11 Å². The Balaban J connectivity index is 2.20. The van der Waals surface area contributed by atoms with Crippen molar-refractivity contribution in [1.82, 2.24) is 0 Å². The molecule has 1 atom stereocenters. The molecular formula is C18H18BrNO2. The normalized spacial score (nSPS) is 16.9. The number of ether oxygens (including phenoxy) is 1. The number of aryl methyl sites for hydroxylation is 1. The smallest absolute Gasteiger partial charge is 0.225 e. The Morgan fingerprint density at radius 2 is 1.95 bits per heavy atom. The Hall–Kier alpha value is -1.81. The van der Waals surface area contributed by atoms with E-state index in [1.165, 1.54) is 5.56 Å². The largest absolute Gasteiger partial charge is 0.496 e. The van der Waals surface area contributed by atoms with Crippen LogP contribution in [0.3, 0.4) is 0 Å². The maximum absolute atomic E-state index is 12.2. The third kappa shape index (κ3) is 2.52. The molecule has 3 rings (SSSR count). The van der Waals surface area contributed by atoms with Gasteiger partial charge in [0, 0.05) is 28.1 Å². The Morgan fingerprint density at radius 3 is 2.68 bits per heavy atom. The number of carbonyl (C=O) groups excluding carboxylic acids is 1. The van der Waals surface area contributed by atoms with Crippen LogP contribution in [0.15, 0.2) is 34.8 Å². The monoisotopic (exact) mass is 359 g/mol. The topological polar surface area (TPSA) is 38.3 Å². The summed E-state index contributed by atoms with van der Waals surface area (Å²) < 4.78 is 6.49. The van der Waals surface area contributed by atoms with Gasteiger partial charge in [0.2, 0.25) is 5.91 Å². The molecule has 0 spiro atoms. The number of hydrogen-bond acceptors (Lipinski definition) is 2. The summed E-state index contributed by atoms with van der Waals surface area (Å²) in [5, 5.41) is 3.03. The van der Waals surface area contributed by atoms with Crippen molar-refractivity contribution in [3.8, 4) is 5.75 Å². The van der Waals surface area contributed by atoms with E-state index >= 15 is 0 Å². The predicted octanol–water partition coefficient (Wildman–Crippen LogP) is 4.55. The zero-order valence-electron chi connectivity index (χ0n) is 12.9. The number of rotatable bonds is 2. The van der Waals surface area contributed by atoms with Gasteiger partial charge in [-0.25, -0.2) is 0 Å². The van der Waals surface area contributed by atoms with Crippen molar-refractivity contribution < 1.29 is 9.53 Å². The Kier molecular flexibility index (Phi) is 3.96. The van der Waals surface area contributed by atoms with Crippen LogP contribution in [0.2, 0.25) is 0 Å². The maximum Gasteiger partial charge on any atom is 0.225 e. The highest BCUT2D eigenvalue weighted by molar-refractivity contribution is 9.10. The summed E-state index contributed by atoms with van der Waals surface area (Å²) in [6.07, 6.45) is 0.433. The van der Waals surface area contributed by atoms with E-state index in [0.29, 0.717) is 6.42 Å². The second-order valence-electron chi connectivity index (χ2n) is 5.66. The van der Waals surface area contributed by atoms with E-state index in [0.717, 1.165) is 32.6 Å². The minimum Gasteiger partial charge on any atom is -0.496 e. The van der Waals surface area contributed by atoms with Crippen LogP contribution in [0, 0.1) is 13.8 Å². The minimum absolute atomic E-state index is 0.00972. The quantitative estimate of drug-likeness (QED) is 0.853. The molecule has 1 amide bonds. The van der Waals surface area contributed by atoms with Gasteiger partial charge < -0.3 is 10.1 Å². The van der Waals surface area contributed by atoms with Crippen molar-refractivity contribution in [3.05, 3.63) is 57.1 Å². The lowest BCUT2D eigenvalue weighted by Gasteiger charge is -2.29. The Morgan fingerprint density at radius 1 is 1.18 bits per heavy atom. The van der Waals surface area contributed by atoms with Gasteiger partial charge in [0.1, 0.15) is 5.75 Å². The number of benzene rings is 2. The van der Waals surface area contributed by atoms with Gasteiger partial charge >= 0.3 is 0 Å². The lowest BCUT2D eigenvalue weighted by molar-refractivity contribution is -0.116. The van der Waals surface area contributed by atoms with Gasteiger partial charge in [0.25, 0.3) is 0 Å². The van der Waals surface area contributed by atoms with Crippen LogP contribution in [-0.2, 0) is 4.79 Å². The van der Waals surface area contributed by atoms with Crippen molar-refractivity contribution in [2.24, 2.45) is 0 Å². The molecule has 4 heteroatoms. The summed E-state index contributed by atoms with van der Waals surface area (Å²) >= 11 is 3.52. The fourth-order valence-corrected chi connectivity index (χ4v) is 3.41. The van der Waals surface area contributed by atoms with Gasteiger partial charge in [-0.05, 0) is 48.7 Å². The number of carbonyl (C=O) groups is 1. The summed E-state index contributed by atoms with van der Waals surface area (Å²) in [4.78, 5) is 12.2. The third-order valence-corrected chi connectivity index (χ3v) is 4.86. The molecule has 1 aliphatic heterocycles. The fraction of sp³-hybridized carbons (Fsp3) is 0.278. The third-order valence-electron chi connectivity index (χ3n) is 4.36. The van der Waals surface area contributed by atoms with E-state index in [1.807, 2.05) is 18.2 Å². The van der Waals surface area contributed by atoms with Gasteiger partial charge in [-0.3, -0.25) is 4.79 Å². The first-order valence-corrected chi connectivity index (χ1v) is 8.04. The van der Waals surface area contributed by atoms with E-state index in [9.17, 15) is 4.79 Å². The van der Waals surface area contributed by atoms with E-state index in [1.54, 1.807) is 7.11 Å². The second kappa shape index (κ2) is 5.76. The summed E-state index contributed by atoms with van der Waals surface area (Å²) in [6.45, 7) is 4.11. The van der Waals surface area contributed by atoms with Crippen molar-refractivity contribution in [2.45, 2.75) is 26.2 Å². The molecule has 0 bridgehead atoms. The van der Waals surface area contributed by atoms with Crippen LogP contribution in [0.25, 0.3) is 0 Å². The molecule has 3 nitrogen and oxygen atoms in total. The maximum atomic E-state index is 12.2. The van der Waals surface area contributed by atoms with Crippen molar-refractivity contribution >= 4 is 27.5 Å². The lowest BCUT2D eigenvalue weighted by Crippen LogP contribution is -2.24. The van der Waals surface area contributed by atoms with Gasteiger partial charge in [-0.2, -0.15) is 0 Å². The number of anilines is 1. The van der Waals surface area contributed by atoms with Gasteiger partial charge in [-0.15, -0.1) is 0 Å². The zero-order chi connectivity index (χ0) is 15.9. The number of amides is 1. The van der Waals surface area contributed by atoms with E-state index in [4.69, 9.17) is 4.74 Å². The van der Waals surface area contributed by atoms with Crippen LogP contribution in [0.4, 0.5) is 5.69 Å². The van der Waals surface area contributed by atoms with E-state index < -0.39 is 0 Å². The van der Waals surface area contributed by atoms with Gasteiger partial charge in [-0.1, -0.05) is 28.1 Å². The molecule has 114 valence electrons. The van der Waals surface area contributed by atoms with Crippen molar-refractivity contribution in [3.63, 3.8) is 0 Å². The number of methoxy groups -OCH3 is 1. The molecule has 0 aliphatic carbocycles. The van der Waals surface area contributed by atoms with Crippen LogP contribution < -0.4 is 10.1 Å². The highest BCUT2D eigenvalue weighted by Gasteiger charge is 2.29. The minimum atomic E-state index is 0.00972. The predicted molar refractivity (Wildman–Crippen MR) is 91.7 cm³/mol. The molecule has 2 aromatic carbocycles. The van der Waals surface area contributed by atoms with E-state index in [-0.39, 0.29) is 11.8 Å². The van der Waals surface area contributed by atoms with E-state index in [2.05, 4.69) is 47.2 Å². The zero-order valence-corrected chi connectivity index (χ0v) is 14.5. The van der Waals surface area contributed by atoms with Crippen molar-refractivity contribution in [1.29, 1.82) is 0 Å². The SMILES string of the molecule is COc1ccc(Br)cc1C1CC(=O)Nc2c1ccc(C)c2C. The van der Waals surface area contributed by atoms with Crippen LogP contribution in [0.1, 0.15) is 34.6 Å². The highest BCUT2D eigenvalue weighted by Crippen LogP contribution is 2.43. The number of fused-ring (bicyclic) bond motifs is 1. The van der Waals surface area contributed by atoms with Crippen molar-refractivity contribution in [2.75, 3.05) is 12.4 Å². The van der Waals surface area contributed by atoms with Crippen LogP contribution >= 0.6 is 15.9 Å². The first-order chi connectivity index (χ1) is 10.5. The van der Waals surface area contributed by atoms with Crippen LogP contribution in [0.5, 0.6) is 5.75 Å². The lowest BCUT2D eigenvalue weighted by atomic mass is 9.82. The first kappa shape index (κ1) is 15.1. The average molecular weight is 360 g/mol. The molecule has 1 N–H and O–H groups in total. The molecular weight excluding hydrogens is 342 g/mol. The molecule has 0 radical (unpaired) electrons. The Labute approximate surface area is 138 Å².